The summed E-state index contributed by atoms with van der Waals surface area (Å²) in [5, 5.41) is 23.6. The fourth-order valence-corrected chi connectivity index (χ4v) is 7.39. The van der Waals surface area contributed by atoms with Gasteiger partial charge in [0.25, 0.3) is 0 Å². The van der Waals surface area contributed by atoms with Crippen LogP contribution in [0.5, 0.6) is 0 Å². The van der Waals surface area contributed by atoms with Gasteiger partial charge in [0.2, 0.25) is 0 Å². The molecule has 2 aromatic carbocycles. The van der Waals surface area contributed by atoms with Crippen LogP contribution in [0.3, 0.4) is 0 Å². The van der Waals surface area contributed by atoms with Crippen molar-refractivity contribution in [3.05, 3.63) is 46.5 Å². The first-order valence-electron chi connectivity index (χ1n) is 14.1. The average molecular weight is 521 g/mol. The zero-order valence-electron chi connectivity index (χ0n) is 25.5. The van der Waals surface area contributed by atoms with Crippen molar-refractivity contribution in [1.29, 1.82) is 0 Å². The summed E-state index contributed by atoms with van der Waals surface area (Å²) in [5.74, 6) is -0.671. The maximum Gasteiger partial charge on any atom is 0.0728 e. The van der Waals surface area contributed by atoms with Crippen LogP contribution < -0.4 is 19.6 Å². The molecule has 2 heterocycles. The molecular formula is C32H48N4O2. The zero-order valence-corrected chi connectivity index (χ0v) is 25.5. The van der Waals surface area contributed by atoms with E-state index in [1.54, 1.807) is 0 Å². The van der Waals surface area contributed by atoms with Gasteiger partial charge in [0.05, 0.1) is 12.2 Å². The first-order chi connectivity index (χ1) is 17.5. The lowest BCUT2D eigenvalue weighted by Gasteiger charge is -2.49. The molecular weight excluding hydrogens is 472 g/mol. The van der Waals surface area contributed by atoms with Gasteiger partial charge in [0.1, 0.15) is 0 Å². The van der Waals surface area contributed by atoms with E-state index in [0.29, 0.717) is 12.1 Å². The van der Waals surface area contributed by atoms with Crippen LogP contribution >= 0.6 is 0 Å². The van der Waals surface area contributed by atoms with E-state index in [1.165, 1.54) is 22.5 Å². The van der Waals surface area contributed by atoms with Gasteiger partial charge in [-0.2, -0.15) is 0 Å². The minimum Gasteiger partial charge on any atom is -0.392 e. The van der Waals surface area contributed by atoms with E-state index in [-0.39, 0.29) is 22.7 Å². The van der Waals surface area contributed by atoms with Crippen molar-refractivity contribution in [3.63, 3.8) is 0 Å². The summed E-state index contributed by atoms with van der Waals surface area (Å²) in [6, 6.07) is 9.78. The third-order valence-corrected chi connectivity index (χ3v) is 10.8. The standard InChI is InChI=1S/C32H48N4O2/c1-17-31(3,4)21-13-19(23(33(7)8)15-25(21)35(17)11)27-29(37)28(30(27)38)20-14-22-26(16-24(20)34(9)10)36(12)18(2)32(22,5)6/h13-18,27-30,37-38H,1-12H3. The largest absolute Gasteiger partial charge is 0.392 e. The van der Waals surface area contributed by atoms with E-state index < -0.39 is 12.2 Å². The lowest BCUT2D eigenvalue weighted by Crippen LogP contribution is -2.52. The minimum absolute atomic E-state index is 0.0187. The fourth-order valence-electron chi connectivity index (χ4n) is 7.39. The molecule has 0 radical (unpaired) electrons. The van der Waals surface area contributed by atoms with Gasteiger partial charge in [-0.3, -0.25) is 0 Å². The van der Waals surface area contributed by atoms with Crippen molar-refractivity contribution in [3.8, 4) is 0 Å². The Balaban J connectivity index is 1.59. The number of anilines is 4. The number of rotatable bonds is 4. The third-order valence-electron chi connectivity index (χ3n) is 10.8. The van der Waals surface area contributed by atoms with Crippen molar-refractivity contribution >= 4 is 22.7 Å². The van der Waals surface area contributed by atoms with E-state index in [1.807, 2.05) is 28.2 Å². The molecule has 0 bridgehead atoms. The van der Waals surface area contributed by atoms with Crippen LogP contribution in [0.2, 0.25) is 0 Å². The highest BCUT2D eigenvalue weighted by molar-refractivity contribution is 5.75. The third kappa shape index (κ3) is 3.45. The topological polar surface area (TPSA) is 53.4 Å². The number of nitrogens with zero attached hydrogens (tertiary/aromatic N) is 4. The van der Waals surface area contributed by atoms with Crippen molar-refractivity contribution < 1.29 is 10.2 Å². The molecule has 2 aromatic rings. The van der Waals surface area contributed by atoms with E-state index >= 15 is 0 Å². The Morgan fingerprint density at radius 1 is 0.632 bits per heavy atom. The van der Waals surface area contributed by atoms with Crippen LogP contribution in [0.15, 0.2) is 24.3 Å². The van der Waals surface area contributed by atoms with Crippen LogP contribution in [0.1, 0.15) is 75.6 Å². The Hall–Kier alpha value is -2.44. The summed E-state index contributed by atoms with van der Waals surface area (Å²) in [4.78, 5) is 8.95. The molecule has 2 aliphatic heterocycles. The van der Waals surface area contributed by atoms with Crippen molar-refractivity contribution in [2.24, 2.45) is 0 Å². The van der Waals surface area contributed by atoms with Gasteiger partial charge in [-0.15, -0.1) is 0 Å². The number of benzene rings is 2. The van der Waals surface area contributed by atoms with Gasteiger partial charge in [0, 0.05) is 99.8 Å². The SMILES string of the molecule is CC1N(C)c2cc(N(C)C)c(C3C(O)C(c4cc5c(cc4N(C)C)N(C)C(C)C5(C)C)C3O)cc2C1(C)C. The second kappa shape index (κ2) is 8.53. The molecule has 38 heavy (non-hydrogen) atoms. The van der Waals surface area contributed by atoms with Gasteiger partial charge >= 0.3 is 0 Å². The van der Waals surface area contributed by atoms with Crippen molar-refractivity contribution in [2.45, 2.75) is 88.5 Å². The monoisotopic (exact) mass is 520 g/mol. The summed E-state index contributed by atoms with van der Waals surface area (Å²) in [6.07, 6.45) is -1.34. The Morgan fingerprint density at radius 3 is 1.24 bits per heavy atom. The molecule has 0 aromatic heterocycles. The van der Waals surface area contributed by atoms with E-state index in [0.717, 1.165) is 22.5 Å². The first-order valence-corrected chi connectivity index (χ1v) is 14.1. The number of hydrogen-bond acceptors (Lipinski definition) is 6. The molecule has 6 nitrogen and oxygen atoms in total. The number of hydrogen-bond donors (Lipinski definition) is 2. The number of aliphatic hydroxyl groups excluding tert-OH is 2. The molecule has 5 rings (SSSR count). The van der Waals surface area contributed by atoms with Crippen LogP contribution in [0, 0.1) is 0 Å². The van der Waals surface area contributed by atoms with Gasteiger partial charge in [0.15, 0.2) is 0 Å². The van der Waals surface area contributed by atoms with Crippen molar-refractivity contribution in [1.82, 2.24) is 0 Å². The smallest absolute Gasteiger partial charge is 0.0728 e. The van der Waals surface area contributed by atoms with Crippen LogP contribution in [0.4, 0.5) is 22.7 Å². The predicted molar refractivity (Wildman–Crippen MR) is 161 cm³/mol. The van der Waals surface area contributed by atoms with E-state index in [9.17, 15) is 10.2 Å². The number of fused-ring (bicyclic) bond motifs is 2. The normalized spacial score (nSPS) is 30.7. The van der Waals surface area contributed by atoms with Gasteiger partial charge in [-0.1, -0.05) is 39.8 Å². The molecule has 0 amide bonds. The highest BCUT2D eigenvalue weighted by Crippen LogP contribution is 2.56. The molecule has 6 heteroatoms. The molecule has 1 saturated carbocycles. The molecule has 2 atom stereocenters. The minimum atomic E-state index is -0.669. The predicted octanol–water partition coefficient (Wildman–Crippen LogP) is 4.65. The lowest BCUT2D eigenvalue weighted by molar-refractivity contribution is -0.0782. The van der Waals surface area contributed by atoms with Gasteiger partial charge < -0.3 is 29.8 Å². The molecule has 2 N–H and O–H groups in total. The quantitative estimate of drug-likeness (QED) is 0.612. The van der Waals surface area contributed by atoms with E-state index in [2.05, 4.69) is 99.5 Å². The van der Waals surface area contributed by atoms with Crippen molar-refractivity contribution in [2.75, 3.05) is 61.9 Å². The lowest BCUT2D eigenvalue weighted by atomic mass is 9.61. The first kappa shape index (κ1) is 27.1. The Morgan fingerprint density at radius 2 is 0.947 bits per heavy atom. The fraction of sp³-hybridized carbons (Fsp3) is 0.625. The molecule has 1 fully saturated rings. The molecule has 3 aliphatic rings. The number of aliphatic hydroxyl groups is 2. The Kier molecular flexibility index (Phi) is 6.09. The van der Waals surface area contributed by atoms with Gasteiger partial charge in [-0.25, -0.2) is 0 Å². The maximum absolute atomic E-state index is 11.8. The maximum atomic E-state index is 11.8. The average Bonchev–Trinajstić information content (AvgIpc) is 3.12. The Bertz CT molecular complexity index is 1160. The van der Waals surface area contributed by atoms with Crippen LogP contribution in [-0.4, -0.2) is 76.8 Å². The Labute approximate surface area is 229 Å². The second-order valence-corrected chi connectivity index (χ2v) is 13.7. The molecule has 0 spiro atoms. The molecule has 1 aliphatic carbocycles. The van der Waals surface area contributed by atoms with Crippen LogP contribution in [-0.2, 0) is 10.8 Å². The molecule has 2 unspecified atom stereocenters. The summed E-state index contributed by atoms with van der Waals surface area (Å²) in [5.41, 5.74) is 9.25. The van der Waals surface area contributed by atoms with Gasteiger partial charge in [-0.05, 0) is 48.2 Å². The zero-order chi connectivity index (χ0) is 28.2. The molecule has 208 valence electrons. The van der Waals surface area contributed by atoms with Crippen LogP contribution in [0.25, 0.3) is 0 Å². The number of likely N-dealkylation sites (N-methyl/N-ethyl adjacent to an activating group) is 2. The summed E-state index contributed by atoms with van der Waals surface area (Å²) in [6.45, 7) is 13.7. The summed E-state index contributed by atoms with van der Waals surface area (Å²) in [7, 11) is 12.5. The summed E-state index contributed by atoms with van der Waals surface area (Å²) >= 11 is 0. The van der Waals surface area contributed by atoms with E-state index in [4.69, 9.17) is 0 Å². The highest BCUT2D eigenvalue weighted by Gasteiger charge is 2.54. The highest BCUT2D eigenvalue weighted by atomic mass is 16.3. The molecule has 0 saturated heterocycles. The summed E-state index contributed by atoms with van der Waals surface area (Å²) < 4.78 is 0. The second-order valence-electron chi connectivity index (χ2n) is 13.7.